The SMILES string of the molecule is O=[C]Cc1ccc2c(c1)-c1ccccc1C2. The van der Waals surface area contributed by atoms with Gasteiger partial charge in [-0.05, 0) is 34.2 Å². The lowest BCUT2D eigenvalue weighted by Gasteiger charge is -2.02. The van der Waals surface area contributed by atoms with Crippen molar-refractivity contribution in [3.05, 3.63) is 59.2 Å². The average molecular weight is 207 g/mol. The summed E-state index contributed by atoms with van der Waals surface area (Å²) in [5, 5.41) is 0. The molecule has 0 aromatic heterocycles. The third-order valence-electron chi connectivity index (χ3n) is 3.14. The fraction of sp³-hybridized carbons (Fsp3) is 0.133. The summed E-state index contributed by atoms with van der Waals surface area (Å²) in [7, 11) is 0. The van der Waals surface area contributed by atoms with Crippen molar-refractivity contribution in [3.63, 3.8) is 0 Å². The predicted molar refractivity (Wildman–Crippen MR) is 64.1 cm³/mol. The summed E-state index contributed by atoms with van der Waals surface area (Å²) < 4.78 is 0. The number of carbonyl (C=O) groups excluding carboxylic acids is 1. The molecular formula is C15H11O. The zero-order chi connectivity index (χ0) is 11.0. The van der Waals surface area contributed by atoms with E-state index in [1.807, 2.05) is 12.4 Å². The largest absolute Gasteiger partial charge is 0.291 e. The van der Waals surface area contributed by atoms with Gasteiger partial charge in [-0.15, -0.1) is 0 Å². The van der Waals surface area contributed by atoms with Gasteiger partial charge in [0.05, 0.1) is 0 Å². The minimum atomic E-state index is 0.384. The second kappa shape index (κ2) is 3.60. The fourth-order valence-electron chi connectivity index (χ4n) is 2.36. The lowest BCUT2D eigenvalue weighted by atomic mass is 10.0. The molecule has 0 heterocycles. The van der Waals surface area contributed by atoms with Crippen LogP contribution < -0.4 is 0 Å². The Morgan fingerprint density at radius 3 is 2.69 bits per heavy atom. The topological polar surface area (TPSA) is 17.1 Å². The van der Waals surface area contributed by atoms with E-state index in [0.717, 1.165) is 12.0 Å². The van der Waals surface area contributed by atoms with E-state index in [2.05, 4.69) is 36.4 Å². The van der Waals surface area contributed by atoms with Gasteiger partial charge in [-0.2, -0.15) is 0 Å². The highest BCUT2D eigenvalue weighted by molar-refractivity contribution is 5.77. The van der Waals surface area contributed by atoms with Crippen LogP contribution in [0.2, 0.25) is 0 Å². The molecule has 0 atom stereocenters. The van der Waals surface area contributed by atoms with Gasteiger partial charge in [-0.1, -0.05) is 42.5 Å². The number of rotatable bonds is 2. The number of benzene rings is 2. The van der Waals surface area contributed by atoms with Crippen LogP contribution >= 0.6 is 0 Å². The van der Waals surface area contributed by atoms with Crippen LogP contribution in [-0.4, -0.2) is 6.29 Å². The van der Waals surface area contributed by atoms with Gasteiger partial charge in [0, 0.05) is 6.42 Å². The molecule has 2 aromatic carbocycles. The molecule has 0 bridgehead atoms. The summed E-state index contributed by atoms with van der Waals surface area (Å²) in [6.45, 7) is 0. The van der Waals surface area contributed by atoms with Crippen LogP contribution in [0.25, 0.3) is 11.1 Å². The molecule has 1 aliphatic carbocycles. The average Bonchev–Trinajstić information content (AvgIpc) is 2.68. The Labute approximate surface area is 94.7 Å². The fourth-order valence-corrected chi connectivity index (χ4v) is 2.36. The third kappa shape index (κ3) is 1.36. The van der Waals surface area contributed by atoms with Crippen molar-refractivity contribution in [3.8, 4) is 11.1 Å². The second-order valence-corrected chi connectivity index (χ2v) is 4.15. The first-order valence-corrected chi connectivity index (χ1v) is 5.43. The molecule has 3 rings (SSSR count). The van der Waals surface area contributed by atoms with Gasteiger partial charge in [-0.25, -0.2) is 0 Å². The molecule has 0 saturated heterocycles. The van der Waals surface area contributed by atoms with Crippen LogP contribution in [0, 0.1) is 0 Å². The molecule has 77 valence electrons. The van der Waals surface area contributed by atoms with Crippen molar-refractivity contribution in [2.45, 2.75) is 12.8 Å². The summed E-state index contributed by atoms with van der Waals surface area (Å²) >= 11 is 0. The van der Waals surface area contributed by atoms with Crippen molar-refractivity contribution in [2.75, 3.05) is 0 Å². The van der Waals surface area contributed by atoms with E-state index in [9.17, 15) is 4.79 Å². The predicted octanol–water partition coefficient (Wildman–Crippen LogP) is 2.91. The zero-order valence-electron chi connectivity index (χ0n) is 8.86. The molecule has 0 N–H and O–H groups in total. The zero-order valence-corrected chi connectivity index (χ0v) is 8.86. The molecule has 1 heteroatoms. The molecule has 0 fully saturated rings. The van der Waals surface area contributed by atoms with Crippen molar-refractivity contribution in [1.82, 2.24) is 0 Å². The molecule has 2 aromatic rings. The minimum Gasteiger partial charge on any atom is -0.291 e. The van der Waals surface area contributed by atoms with Crippen LogP contribution in [-0.2, 0) is 17.6 Å². The van der Waals surface area contributed by atoms with Gasteiger partial charge < -0.3 is 0 Å². The first kappa shape index (κ1) is 9.34. The summed E-state index contributed by atoms with van der Waals surface area (Å²) in [5.41, 5.74) is 6.37. The standard InChI is InChI=1S/C15H11O/c16-8-7-11-5-6-13-10-12-3-1-2-4-14(12)15(13)9-11/h1-6,9H,7,10H2. The molecule has 0 unspecified atom stereocenters. The Hall–Kier alpha value is -1.89. The Morgan fingerprint density at radius 2 is 1.81 bits per heavy atom. The number of hydrogen-bond acceptors (Lipinski definition) is 1. The maximum absolute atomic E-state index is 10.4. The maximum Gasteiger partial charge on any atom is 0.203 e. The quantitative estimate of drug-likeness (QED) is 0.631. The van der Waals surface area contributed by atoms with Crippen LogP contribution in [0.1, 0.15) is 16.7 Å². The minimum absolute atomic E-state index is 0.384. The molecule has 1 nitrogen and oxygen atoms in total. The smallest absolute Gasteiger partial charge is 0.203 e. The molecule has 0 saturated carbocycles. The Kier molecular flexibility index (Phi) is 2.10. The van der Waals surface area contributed by atoms with Gasteiger partial charge in [0.15, 0.2) is 0 Å². The normalized spacial score (nSPS) is 12.0. The molecular weight excluding hydrogens is 196 g/mol. The first-order valence-electron chi connectivity index (χ1n) is 5.43. The van der Waals surface area contributed by atoms with Crippen molar-refractivity contribution >= 4 is 6.29 Å². The van der Waals surface area contributed by atoms with E-state index in [0.29, 0.717) is 6.42 Å². The van der Waals surface area contributed by atoms with Crippen molar-refractivity contribution < 1.29 is 4.79 Å². The number of fused-ring (bicyclic) bond motifs is 3. The van der Waals surface area contributed by atoms with E-state index >= 15 is 0 Å². The molecule has 16 heavy (non-hydrogen) atoms. The van der Waals surface area contributed by atoms with Gasteiger partial charge in [-0.3, -0.25) is 4.79 Å². The van der Waals surface area contributed by atoms with Crippen molar-refractivity contribution in [1.29, 1.82) is 0 Å². The monoisotopic (exact) mass is 207 g/mol. The van der Waals surface area contributed by atoms with E-state index in [1.165, 1.54) is 22.3 Å². The number of hydrogen-bond donors (Lipinski definition) is 0. The lowest BCUT2D eigenvalue weighted by Crippen LogP contribution is -1.87. The summed E-state index contributed by atoms with van der Waals surface area (Å²) in [6.07, 6.45) is 3.34. The highest BCUT2D eigenvalue weighted by Crippen LogP contribution is 2.36. The van der Waals surface area contributed by atoms with Crippen molar-refractivity contribution in [2.24, 2.45) is 0 Å². The Bertz CT molecular complexity index is 555. The molecule has 0 aliphatic heterocycles. The Morgan fingerprint density at radius 1 is 1.00 bits per heavy atom. The lowest BCUT2D eigenvalue weighted by molar-refractivity contribution is 0.555. The molecule has 1 aliphatic rings. The van der Waals surface area contributed by atoms with Gasteiger partial charge in [0.2, 0.25) is 6.29 Å². The van der Waals surface area contributed by atoms with Crippen LogP contribution in [0.3, 0.4) is 0 Å². The highest BCUT2D eigenvalue weighted by atomic mass is 16.1. The molecule has 0 spiro atoms. The molecule has 1 radical (unpaired) electrons. The van der Waals surface area contributed by atoms with E-state index < -0.39 is 0 Å². The Balaban J connectivity index is 2.14. The second-order valence-electron chi connectivity index (χ2n) is 4.15. The first-order chi connectivity index (χ1) is 7.88. The van der Waals surface area contributed by atoms with Gasteiger partial charge >= 0.3 is 0 Å². The van der Waals surface area contributed by atoms with Gasteiger partial charge in [0.1, 0.15) is 0 Å². The maximum atomic E-state index is 10.4. The third-order valence-corrected chi connectivity index (χ3v) is 3.14. The highest BCUT2D eigenvalue weighted by Gasteiger charge is 2.17. The van der Waals surface area contributed by atoms with Gasteiger partial charge in [0.25, 0.3) is 0 Å². The summed E-state index contributed by atoms with van der Waals surface area (Å²) in [6, 6.07) is 14.7. The van der Waals surface area contributed by atoms with Crippen LogP contribution in [0.4, 0.5) is 0 Å². The summed E-state index contributed by atoms with van der Waals surface area (Å²) in [4.78, 5) is 10.4. The van der Waals surface area contributed by atoms with E-state index in [4.69, 9.17) is 0 Å². The van der Waals surface area contributed by atoms with Crippen LogP contribution in [0.15, 0.2) is 42.5 Å². The molecule has 0 amide bonds. The van der Waals surface area contributed by atoms with E-state index in [-0.39, 0.29) is 0 Å². The summed E-state index contributed by atoms with van der Waals surface area (Å²) in [5.74, 6) is 0. The van der Waals surface area contributed by atoms with E-state index in [1.54, 1.807) is 0 Å². The van der Waals surface area contributed by atoms with Crippen LogP contribution in [0.5, 0.6) is 0 Å².